The maximum Gasteiger partial charge on any atom is 0.138 e. The Balaban J connectivity index is 1.48. The third-order valence-corrected chi connectivity index (χ3v) is 5.58. The number of fused-ring (bicyclic) bond motifs is 1. The topological polar surface area (TPSA) is 76.8 Å². The molecule has 0 spiro atoms. The van der Waals surface area contributed by atoms with Crippen molar-refractivity contribution in [3.05, 3.63) is 75.6 Å². The first-order valence-corrected chi connectivity index (χ1v) is 10.4. The second-order valence-corrected chi connectivity index (χ2v) is 8.25. The van der Waals surface area contributed by atoms with Gasteiger partial charge in [-0.2, -0.15) is 5.10 Å². The van der Waals surface area contributed by atoms with Crippen LogP contribution in [0.1, 0.15) is 11.3 Å². The van der Waals surface area contributed by atoms with E-state index in [4.69, 9.17) is 22.1 Å². The standard InChI is InChI=1S/C22H20BrClN4O/c1-13-19-9-15(4-7-21(19)28-27-13)20-10-18(11-26-22(20)24)29-12-17(25)8-14-2-5-16(23)6-3-14/h2-7,9-11,17H,8,12,25H2,1H3,(H,27,28)/t17-/m0/s1. The zero-order chi connectivity index (χ0) is 20.4. The number of ether oxygens (including phenoxy) is 1. The molecule has 4 rings (SSSR count). The number of benzene rings is 2. The second kappa shape index (κ2) is 8.53. The molecular formula is C22H20BrClN4O. The number of pyridine rings is 1. The smallest absolute Gasteiger partial charge is 0.138 e. The highest BCUT2D eigenvalue weighted by molar-refractivity contribution is 9.10. The molecule has 2 aromatic carbocycles. The summed E-state index contributed by atoms with van der Waals surface area (Å²) in [5.74, 6) is 0.639. The fourth-order valence-electron chi connectivity index (χ4n) is 3.21. The Bertz CT molecular complexity index is 1140. The van der Waals surface area contributed by atoms with E-state index in [1.807, 2.05) is 37.3 Å². The Hall–Kier alpha value is -2.41. The summed E-state index contributed by atoms with van der Waals surface area (Å²) in [4.78, 5) is 4.29. The molecular weight excluding hydrogens is 452 g/mol. The van der Waals surface area contributed by atoms with Crippen molar-refractivity contribution < 1.29 is 4.74 Å². The van der Waals surface area contributed by atoms with E-state index in [-0.39, 0.29) is 6.04 Å². The van der Waals surface area contributed by atoms with Gasteiger partial charge in [-0.3, -0.25) is 5.10 Å². The summed E-state index contributed by atoms with van der Waals surface area (Å²) in [6, 6.07) is 15.9. The van der Waals surface area contributed by atoms with Gasteiger partial charge in [-0.15, -0.1) is 0 Å². The molecule has 5 nitrogen and oxygen atoms in total. The van der Waals surface area contributed by atoms with Crippen molar-refractivity contribution >= 4 is 38.4 Å². The number of rotatable bonds is 6. The fraction of sp³-hybridized carbons (Fsp3) is 0.182. The van der Waals surface area contributed by atoms with Crippen molar-refractivity contribution in [2.24, 2.45) is 5.73 Å². The molecule has 0 radical (unpaired) electrons. The number of H-pyrrole nitrogens is 1. The van der Waals surface area contributed by atoms with Crippen LogP contribution < -0.4 is 10.5 Å². The van der Waals surface area contributed by atoms with Gasteiger partial charge in [0.05, 0.1) is 17.4 Å². The van der Waals surface area contributed by atoms with E-state index in [9.17, 15) is 0 Å². The number of aromatic nitrogens is 3. The monoisotopic (exact) mass is 470 g/mol. The quantitative estimate of drug-likeness (QED) is 0.374. The summed E-state index contributed by atoms with van der Waals surface area (Å²) in [6.45, 7) is 2.35. The number of nitrogens with zero attached hydrogens (tertiary/aromatic N) is 2. The lowest BCUT2D eigenvalue weighted by atomic mass is 10.0. The summed E-state index contributed by atoms with van der Waals surface area (Å²) in [7, 11) is 0. The Morgan fingerprint density at radius 2 is 1.97 bits per heavy atom. The van der Waals surface area contributed by atoms with Crippen molar-refractivity contribution in [2.45, 2.75) is 19.4 Å². The number of aryl methyl sites for hydroxylation is 1. The predicted octanol–water partition coefficient (Wildman–Crippen LogP) is 5.30. The van der Waals surface area contributed by atoms with Crippen molar-refractivity contribution in [3.63, 3.8) is 0 Å². The van der Waals surface area contributed by atoms with Gasteiger partial charge in [-0.25, -0.2) is 4.98 Å². The highest BCUT2D eigenvalue weighted by atomic mass is 79.9. The van der Waals surface area contributed by atoms with E-state index in [1.165, 1.54) is 5.56 Å². The third-order valence-electron chi connectivity index (χ3n) is 4.75. The average molecular weight is 472 g/mol. The minimum atomic E-state index is -0.125. The SMILES string of the molecule is Cc1n[nH]c2ccc(-c3cc(OC[C@@H](N)Cc4ccc(Br)cc4)cnc3Cl)cc12. The molecule has 0 aliphatic heterocycles. The van der Waals surface area contributed by atoms with Gasteiger partial charge < -0.3 is 10.5 Å². The van der Waals surface area contributed by atoms with Gasteiger partial charge in [-0.1, -0.05) is 45.7 Å². The van der Waals surface area contributed by atoms with Crippen LogP contribution in [0, 0.1) is 6.92 Å². The molecule has 0 fully saturated rings. The zero-order valence-corrected chi connectivity index (χ0v) is 18.2. The summed E-state index contributed by atoms with van der Waals surface area (Å²) >= 11 is 9.80. The molecule has 1 atom stereocenters. The van der Waals surface area contributed by atoms with Gasteiger partial charge in [0.2, 0.25) is 0 Å². The second-order valence-electron chi connectivity index (χ2n) is 6.98. The molecule has 0 amide bonds. The van der Waals surface area contributed by atoms with E-state index in [0.717, 1.165) is 38.6 Å². The van der Waals surface area contributed by atoms with Gasteiger partial charge in [-0.05, 0) is 54.8 Å². The minimum Gasteiger partial charge on any atom is -0.490 e. The molecule has 0 aliphatic rings. The number of hydrogen-bond donors (Lipinski definition) is 2. The lowest BCUT2D eigenvalue weighted by molar-refractivity contribution is 0.287. The molecule has 0 aliphatic carbocycles. The molecule has 4 aromatic rings. The van der Waals surface area contributed by atoms with Gasteiger partial charge in [0, 0.05) is 21.5 Å². The molecule has 0 saturated heterocycles. The van der Waals surface area contributed by atoms with Crippen molar-refractivity contribution in [1.82, 2.24) is 15.2 Å². The van der Waals surface area contributed by atoms with Crippen LogP contribution in [0.15, 0.2) is 59.2 Å². The number of hydrogen-bond acceptors (Lipinski definition) is 4. The minimum absolute atomic E-state index is 0.125. The number of nitrogens with two attached hydrogens (primary N) is 1. The number of halogens is 2. The van der Waals surface area contributed by atoms with Gasteiger partial charge in [0.25, 0.3) is 0 Å². The third kappa shape index (κ3) is 4.61. The normalized spacial score (nSPS) is 12.3. The number of aromatic amines is 1. The van der Waals surface area contributed by atoms with Gasteiger partial charge in [0.15, 0.2) is 0 Å². The van der Waals surface area contributed by atoms with Crippen LogP contribution in [0.5, 0.6) is 5.75 Å². The van der Waals surface area contributed by atoms with E-state index < -0.39 is 0 Å². The van der Waals surface area contributed by atoms with E-state index >= 15 is 0 Å². The highest BCUT2D eigenvalue weighted by Gasteiger charge is 2.11. The van der Waals surface area contributed by atoms with Crippen LogP contribution in [-0.4, -0.2) is 27.8 Å². The molecule has 2 aromatic heterocycles. The van der Waals surface area contributed by atoms with Crippen LogP contribution >= 0.6 is 27.5 Å². The first kappa shape index (κ1) is 19.9. The van der Waals surface area contributed by atoms with Crippen LogP contribution in [-0.2, 0) is 6.42 Å². The molecule has 2 heterocycles. The largest absolute Gasteiger partial charge is 0.490 e. The van der Waals surface area contributed by atoms with Crippen LogP contribution in [0.25, 0.3) is 22.0 Å². The summed E-state index contributed by atoms with van der Waals surface area (Å²) in [5.41, 5.74) is 11.1. The summed E-state index contributed by atoms with van der Waals surface area (Å²) in [5, 5.41) is 8.74. The molecule has 0 bridgehead atoms. The summed E-state index contributed by atoms with van der Waals surface area (Å²) < 4.78 is 6.95. The highest BCUT2D eigenvalue weighted by Crippen LogP contribution is 2.32. The molecule has 0 unspecified atom stereocenters. The van der Waals surface area contributed by atoms with Crippen molar-refractivity contribution in [3.8, 4) is 16.9 Å². The van der Waals surface area contributed by atoms with E-state index in [0.29, 0.717) is 17.5 Å². The molecule has 7 heteroatoms. The lowest BCUT2D eigenvalue weighted by Crippen LogP contribution is -2.30. The van der Waals surface area contributed by atoms with Crippen molar-refractivity contribution in [2.75, 3.05) is 6.61 Å². The molecule has 0 saturated carbocycles. The Kier molecular flexibility index (Phi) is 5.85. The first-order chi connectivity index (χ1) is 14.0. The Morgan fingerprint density at radius 3 is 2.76 bits per heavy atom. The van der Waals surface area contributed by atoms with Crippen LogP contribution in [0.3, 0.4) is 0 Å². The fourth-order valence-corrected chi connectivity index (χ4v) is 3.69. The Morgan fingerprint density at radius 1 is 1.17 bits per heavy atom. The predicted molar refractivity (Wildman–Crippen MR) is 120 cm³/mol. The summed E-state index contributed by atoms with van der Waals surface area (Å²) in [6.07, 6.45) is 2.36. The molecule has 29 heavy (non-hydrogen) atoms. The number of nitrogens with one attached hydrogen (secondary N) is 1. The van der Waals surface area contributed by atoms with Crippen molar-refractivity contribution in [1.29, 1.82) is 0 Å². The zero-order valence-electron chi connectivity index (χ0n) is 15.8. The lowest BCUT2D eigenvalue weighted by Gasteiger charge is -2.14. The maximum atomic E-state index is 6.36. The van der Waals surface area contributed by atoms with Gasteiger partial charge in [0.1, 0.15) is 17.5 Å². The van der Waals surface area contributed by atoms with E-state index in [1.54, 1.807) is 6.20 Å². The van der Waals surface area contributed by atoms with Crippen LogP contribution in [0.4, 0.5) is 0 Å². The maximum absolute atomic E-state index is 6.36. The first-order valence-electron chi connectivity index (χ1n) is 9.23. The Labute approximate surface area is 182 Å². The molecule has 3 N–H and O–H groups in total. The molecule has 148 valence electrons. The average Bonchev–Trinajstić information content (AvgIpc) is 3.09. The van der Waals surface area contributed by atoms with Gasteiger partial charge >= 0.3 is 0 Å². The van der Waals surface area contributed by atoms with E-state index in [2.05, 4.69) is 49.3 Å². The van der Waals surface area contributed by atoms with Crippen LogP contribution in [0.2, 0.25) is 5.15 Å².